The van der Waals surface area contributed by atoms with Gasteiger partial charge in [-0.2, -0.15) is 0 Å². The highest BCUT2D eigenvalue weighted by Crippen LogP contribution is 2.33. The Bertz CT molecular complexity index is 666. The minimum Gasteiger partial charge on any atom is -0.505 e. The molecule has 0 atom stereocenters. The van der Waals surface area contributed by atoms with Gasteiger partial charge < -0.3 is 5.11 Å². The molecule has 0 bridgehead atoms. The molecule has 2 nitrogen and oxygen atoms in total. The van der Waals surface area contributed by atoms with Gasteiger partial charge >= 0.3 is 0 Å². The number of allylic oxidation sites excluding steroid dienone is 1. The minimum absolute atomic E-state index is 0.210. The predicted molar refractivity (Wildman–Crippen MR) is 105 cm³/mol. The molecule has 0 unspecified atom stereocenters. The highest BCUT2D eigenvalue weighted by molar-refractivity contribution is 6.35. The van der Waals surface area contributed by atoms with Crippen molar-refractivity contribution in [3.05, 3.63) is 41.1 Å². The van der Waals surface area contributed by atoms with Crippen LogP contribution in [0.2, 0.25) is 5.02 Å². The summed E-state index contributed by atoms with van der Waals surface area (Å²) < 4.78 is 0. The smallest absolute Gasteiger partial charge is 0.149 e. The number of rotatable bonds is 10. The van der Waals surface area contributed by atoms with Crippen LogP contribution < -0.4 is 0 Å². The van der Waals surface area contributed by atoms with E-state index in [9.17, 15) is 5.11 Å². The second-order valence-corrected chi connectivity index (χ2v) is 6.77. The molecule has 24 heavy (non-hydrogen) atoms. The van der Waals surface area contributed by atoms with E-state index < -0.39 is 0 Å². The molecular weight excluding hydrogens is 318 g/mol. The second-order valence-electron chi connectivity index (χ2n) is 6.36. The zero-order valence-corrected chi connectivity index (χ0v) is 15.4. The van der Waals surface area contributed by atoms with Crippen molar-refractivity contribution >= 4 is 28.6 Å². The highest BCUT2D eigenvalue weighted by atomic mass is 35.5. The van der Waals surface area contributed by atoms with Gasteiger partial charge in [-0.1, -0.05) is 75.6 Å². The Morgan fingerprint density at radius 1 is 1.08 bits per heavy atom. The lowest BCUT2D eigenvalue weighted by Crippen LogP contribution is -1.84. The third-order valence-electron chi connectivity index (χ3n) is 4.37. The second kappa shape index (κ2) is 10.4. The van der Waals surface area contributed by atoms with Crippen LogP contribution in [0.25, 0.3) is 17.0 Å². The molecule has 0 amide bonds. The summed E-state index contributed by atoms with van der Waals surface area (Å²) in [6.07, 6.45) is 17.4. The fourth-order valence-corrected chi connectivity index (χ4v) is 3.21. The number of nitrogens with zero attached hydrogens (tertiary/aromatic N) is 1. The molecule has 0 aliphatic carbocycles. The molecule has 0 aliphatic rings. The molecule has 1 N–H and O–H groups in total. The van der Waals surface area contributed by atoms with Crippen LogP contribution >= 0.6 is 11.6 Å². The monoisotopic (exact) mass is 345 g/mol. The molecule has 130 valence electrons. The zero-order chi connectivity index (χ0) is 17.2. The summed E-state index contributed by atoms with van der Waals surface area (Å²) in [6, 6.07) is 5.51. The Kier molecular flexibility index (Phi) is 8.11. The summed E-state index contributed by atoms with van der Waals surface area (Å²) >= 11 is 6.28. The number of benzene rings is 1. The first kappa shape index (κ1) is 18.8. The molecule has 1 aromatic carbocycles. The number of aromatic hydroxyl groups is 1. The summed E-state index contributed by atoms with van der Waals surface area (Å²) in [5.74, 6) is 0.210. The third kappa shape index (κ3) is 5.52. The molecule has 0 aliphatic heterocycles. The molecule has 0 spiro atoms. The summed E-state index contributed by atoms with van der Waals surface area (Å²) in [7, 11) is 0. The first-order valence-electron chi connectivity index (χ1n) is 9.16. The van der Waals surface area contributed by atoms with E-state index in [1.807, 2.05) is 24.3 Å². The number of hydrogen-bond acceptors (Lipinski definition) is 2. The van der Waals surface area contributed by atoms with Gasteiger partial charge in [0.05, 0.1) is 5.02 Å². The van der Waals surface area contributed by atoms with Crippen molar-refractivity contribution in [1.82, 2.24) is 4.98 Å². The van der Waals surface area contributed by atoms with Gasteiger partial charge in [-0.3, -0.25) is 4.98 Å². The Balaban J connectivity index is 1.78. The molecule has 0 saturated carbocycles. The van der Waals surface area contributed by atoms with E-state index in [-0.39, 0.29) is 5.75 Å². The predicted octanol–water partition coefficient (Wildman–Crippen LogP) is 7.14. The van der Waals surface area contributed by atoms with E-state index in [1.54, 1.807) is 6.20 Å². The fourth-order valence-electron chi connectivity index (χ4n) is 2.94. The van der Waals surface area contributed by atoms with Gasteiger partial charge in [-0.15, -0.1) is 0 Å². The number of pyridine rings is 1. The normalized spacial score (nSPS) is 11.6. The molecule has 2 aromatic rings. The van der Waals surface area contributed by atoms with Crippen molar-refractivity contribution in [3.8, 4) is 5.75 Å². The van der Waals surface area contributed by atoms with Crippen molar-refractivity contribution in [2.45, 2.75) is 64.7 Å². The van der Waals surface area contributed by atoms with Crippen LogP contribution in [0.1, 0.15) is 70.3 Å². The van der Waals surface area contributed by atoms with Crippen molar-refractivity contribution in [2.75, 3.05) is 0 Å². The maximum Gasteiger partial charge on any atom is 0.149 e. The average molecular weight is 346 g/mol. The highest BCUT2D eigenvalue weighted by Gasteiger charge is 2.09. The molecule has 1 aromatic heterocycles. The van der Waals surface area contributed by atoms with E-state index in [0.717, 1.165) is 17.4 Å². The summed E-state index contributed by atoms with van der Waals surface area (Å²) in [5.41, 5.74) is 1.31. The first-order valence-corrected chi connectivity index (χ1v) is 9.54. The molecule has 0 fully saturated rings. The number of hydrogen-bond donors (Lipinski definition) is 1. The largest absolute Gasteiger partial charge is 0.505 e. The lowest BCUT2D eigenvalue weighted by molar-refractivity contribution is 0.479. The van der Waals surface area contributed by atoms with Gasteiger partial charge in [0.1, 0.15) is 11.3 Å². The molecule has 3 heteroatoms. The van der Waals surface area contributed by atoms with Crippen molar-refractivity contribution in [1.29, 1.82) is 0 Å². The number of halogens is 1. The van der Waals surface area contributed by atoms with Crippen LogP contribution in [0.5, 0.6) is 5.75 Å². The zero-order valence-electron chi connectivity index (χ0n) is 14.6. The van der Waals surface area contributed by atoms with E-state index in [0.29, 0.717) is 10.5 Å². The topological polar surface area (TPSA) is 33.1 Å². The maximum absolute atomic E-state index is 10.3. The van der Waals surface area contributed by atoms with Gasteiger partial charge in [0.2, 0.25) is 0 Å². The number of unbranched alkanes of at least 4 members (excludes halogenated alkanes) is 8. The molecule has 1 heterocycles. The van der Waals surface area contributed by atoms with Crippen LogP contribution in [0, 0.1) is 0 Å². The van der Waals surface area contributed by atoms with Crippen molar-refractivity contribution in [3.63, 3.8) is 0 Å². The first-order chi connectivity index (χ1) is 11.7. The Hall–Kier alpha value is -1.54. The number of aromatic nitrogens is 1. The fraction of sp³-hybridized carbons (Fsp3) is 0.476. The lowest BCUT2D eigenvalue weighted by atomic mass is 10.1. The molecule has 2 rings (SSSR count). The van der Waals surface area contributed by atoms with Gasteiger partial charge in [0.25, 0.3) is 0 Å². The Morgan fingerprint density at radius 3 is 2.54 bits per heavy atom. The van der Waals surface area contributed by atoms with Crippen LogP contribution in [-0.2, 0) is 0 Å². The van der Waals surface area contributed by atoms with Crippen molar-refractivity contribution in [2.24, 2.45) is 0 Å². The molecular formula is C21H28ClNO. The lowest BCUT2D eigenvalue weighted by Gasteiger charge is -2.06. The summed E-state index contributed by atoms with van der Waals surface area (Å²) in [6.45, 7) is 2.25. The van der Waals surface area contributed by atoms with E-state index >= 15 is 0 Å². The third-order valence-corrected chi connectivity index (χ3v) is 4.68. The van der Waals surface area contributed by atoms with Gasteiger partial charge in [0, 0.05) is 17.1 Å². The maximum atomic E-state index is 10.3. The number of phenolic OH excluding ortho intramolecular Hbond substituents is 1. The van der Waals surface area contributed by atoms with Crippen LogP contribution in [0.15, 0.2) is 30.5 Å². The number of phenols is 1. The summed E-state index contributed by atoms with van der Waals surface area (Å²) in [4.78, 5) is 4.23. The van der Waals surface area contributed by atoms with E-state index in [4.69, 9.17) is 11.6 Å². The van der Waals surface area contributed by atoms with E-state index in [1.165, 1.54) is 51.4 Å². The minimum atomic E-state index is 0.210. The van der Waals surface area contributed by atoms with Crippen LogP contribution in [-0.4, -0.2) is 10.1 Å². The number of fused-ring (bicyclic) bond motifs is 1. The quantitative estimate of drug-likeness (QED) is 0.464. The molecule has 0 radical (unpaired) electrons. The van der Waals surface area contributed by atoms with Crippen LogP contribution in [0.4, 0.5) is 0 Å². The van der Waals surface area contributed by atoms with Gasteiger partial charge in [0.15, 0.2) is 0 Å². The van der Waals surface area contributed by atoms with Gasteiger partial charge in [-0.05, 0) is 31.0 Å². The SMILES string of the molecule is CCCCCCCCCCC=Cc1cc(Cl)c2cccnc2c1O. The Labute approximate surface area is 150 Å². The summed E-state index contributed by atoms with van der Waals surface area (Å²) in [5, 5.41) is 11.8. The standard InChI is InChI=1S/C21H28ClNO/c1-2-3-4-5-6-7-8-9-10-11-13-17-16-19(22)18-14-12-15-23-20(18)21(17)24/h11-16,24H,2-10H2,1H3. The molecule has 0 saturated heterocycles. The Morgan fingerprint density at radius 2 is 1.79 bits per heavy atom. The average Bonchev–Trinajstić information content (AvgIpc) is 2.60. The van der Waals surface area contributed by atoms with Crippen LogP contribution in [0.3, 0.4) is 0 Å². The van der Waals surface area contributed by atoms with E-state index in [2.05, 4.69) is 18.0 Å². The van der Waals surface area contributed by atoms with Gasteiger partial charge in [-0.25, -0.2) is 0 Å². The van der Waals surface area contributed by atoms with Crippen molar-refractivity contribution < 1.29 is 5.11 Å².